The van der Waals surface area contributed by atoms with Crippen molar-refractivity contribution in [1.82, 2.24) is 15.1 Å². The zero-order valence-corrected chi connectivity index (χ0v) is 17.3. The quantitative estimate of drug-likeness (QED) is 0.706. The lowest BCUT2D eigenvalue weighted by atomic mass is 9.88. The first kappa shape index (κ1) is 18.9. The second kappa shape index (κ2) is 6.59. The molecule has 1 aromatic carbocycles. The molecule has 3 heterocycles. The van der Waals surface area contributed by atoms with E-state index in [1.807, 2.05) is 13.8 Å². The molecular formula is C19H19FN4O2S2. The van der Waals surface area contributed by atoms with Crippen molar-refractivity contribution in [2.75, 3.05) is 25.1 Å². The number of carbonyl (C=O) groups is 1. The smallest absolute Gasteiger partial charge is 0.266 e. The van der Waals surface area contributed by atoms with E-state index in [4.69, 9.17) is 5.73 Å². The van der Waals surface area contributed by atoms with Gasteiger partial charge in [-0.25, -0.2) is 4.39 Å². The van der Waals surface area contributed by atoms with Gasteiger partial charge in [0.25, 0.3) is 5.91 Å². The van der Waals surface area contributed by atoms with Gasteiger partial charge >= 0.3 is 0 Å². The minimum atomic E-state index is -1.61. The van der Waals surface area contributed by atoms with Crippen molar-refractivity contribution in [2.24, 2.45) is 0 Å². The van der Waals surface area contributed by atoms with Crippen molar-refractivity contribution in [3.63, 3.8) is 0 Å². The Morgan fingerprint density at radius 2 is 1.89 bits per heavy atom. The normalized spacial score (nSPS) is 16.8. The highest BCUT2D eigenvalue weighted by molar-refractivity contribution is 7.84. The summed E-state index contributed by atoms with van der Waals surface area (Å²) in [5, 5.41) is 8.95. The van der Waals surface area contributed by atoms with E-state index in [-0.39, 0.29) is 19.0 Å². The number of thiophene rings is 1. The lowest BCUT2D eigenvalue weighted by Gasteiger charge is -2.44. The van der Waals surface area contributed by atoms with Crippen LogP contribution in [0.15, 0.2) is 29.2 Å². The van der Waals surface area contributed by atoms with Crippen molar-refractivity contribution < 1.29 is 13.4 Å². The monoisotopic (exact) mass is 418 g/mol. The number of fused-ring (bicyclic) bond motifs is 1. The van der Waals surface area contributed by atoms with Gasteiger partial charge in [0.1, 0.15) is 9.71 Å². The summed E-state index contributed by atoms with van der Waals surface area (Å²) in [5.74, 6) is -0.294. The third-order valence-electron chi connectivity index (χ3n) is 5.20. The molecule has 3 aromatic rings. The highest BCUT2D eigenvalue weighted by Gasteiger charge is 2.48. The molecule has 4 rings (SSSR count). The molecule has 1 aliphatic heterocycles. The van der Waals surface area contributed by atoms with Gasteiger partial charge in [-0.2, -0.15) is 5.10 Å². The Hall–Kier alpha value is -2.39. The second-order valence-corrected chi connectivity index (χ2v) is 9.42. The maximum Gasteiger partial charge on any atom is 0.266 e. The minimum absolute atomic E-state index is 0.0439. The van der Waals surface area contributed by atoms with Gasteiger partial charge < -0.3 is 10.6 Å². The van der Waals surface area contributed by atoms with Crippen LogP contribution in [0.3, 0.4) is 0 Å². The van der Waals surface area contributed by atoms with Gasteiger partial charge in [-0.1, -0.05) is 12.1 Å². The van der Waals surface area contributed by atoms with Gasteiger partial charge in [-0.15, -0.1) is 16.4 Å². The first-order valence-electron chi connectivity index (χ1n) is 8.65. The molecule has 0 radical (unpaired) electrons. The summed E-state index contributed by atoms with van der Waals surface area (Å²) in [4.78, 5) is 15.9. The fourth-order valence-corrected chi connectivity index (χ4v) is 4.96. The zero-order valence-electron chi connectivity index (χ0n) is 15.7. The molecule has 0 bridgehead atoms. The predicted molar refractivity (Wildman–Crippen MR) is 109 cm³/mol. The van der Waals surface area contributed by atoms with Gasteiger partial charge in [0.05, 0.1) is 24.5 Å². The summed E-state index contributed by atoms with van der Waals surface area (Å²) >= 11 is 1.19. The average molecular weight is 419 g/mol. The standard InChI is InChI=1S/C19H19FN4O2S2/c1-10-11(2)22-23-17-14(10)15(21)16(27-17)18(25)24-8-19(20,9-24)12-4-6-13(7-5-12)28(3)26/h4-7H,8-9,21H2,1-3H3. The third kappa shape index (κ3) is 2.89. The molecule has 1 aliphatic rings. The number of aryl methyl sites for hydroxylation is 2. The molecular weight excluding hydrogens is 399 g/mol. The fourth-order valence-electron chi connectivity index (χ4n) is 3.37. The fraction of sp³-hybridized carbons (Fsp3) is 0.316. The lowest BCUT2D eigenvalue weighted by Crippen LogP contribution is -2.58. The Labute approximate surface area is 168 Å². The van der Waals surface area contributed by atoms with E-state index < -0.39 is 16.5 Å². The number of hydrogen-bond donors (Lipinski definition) is 1. The first-order chi connectivity index (χ1) is 13.2. The van der Waals surface area contributed by atoms with E-state index in [1.165, 1.54) is 16.2 Å². The second-order valence-electron chi connectivity index (χ2n) is 7.04. The number of aromatic nitrogens is 2. The molecule has 2 N–H and O–H groups in total. The number of alkyl halides is 1. The van der Waals surface area contributed by atoms with Crippen molar-refractivity contribution >= 4 is 43.9 Å². The highest BCUT2D eigenvalue weighted by Crippen LogP contribution is 2.40. The Morgan fingerprint density at radius 1 is 1.25 bits per heavy atom. The largest absolute Gasteiger partial charge is 0.397 e. The van der Waals surface area contributed by atoms with Gasteiger partial charge in [-0.3, -0.25) is 9.00 Å². The average Bonchev–Trinajstić information content (AvgIpc) is 2.99. The summed E-state index contributed by atoms with van der Waals surface area (Å²) in [6.45, 7) is 3.65. The number of nitrogen functional groups attached to an aromatic ring is 1. The molecule has 1 unspecified atom stereocenters. The maximum absolute atomic E-state index is 15.2. The van der Waals surface area contributed by atoms with Crippen LogP contribution in [0.25, 0.3) is 10.2 Å². The zero-order chi connectivity index (χ0) is 20.2. The van der Waals surface area contributed by atoms with Gasteiger partial charge in [0, 0.05) is 27.3 Å². The minimum Gasteiger partial charge on any atom is -0.397 e. The van der Waals surface area contributed by atoms with E-state index in [0.29, 0.717) is 25.9 Å². The van der Waals surface area contributed by atoms with E-state index >= 15 is 4.39 Å². The number of halogens is 1. The molecule has 1 atom stereocenters. The van der Waals surface area contributed by atoms with Crippen LogP contribution in [0.1, 0.15) is 26.5 Å². The van der Waals surface area contributed by atoms with E-state index in [1.54, 1.807) is 30.5 Å². The van der Waals surface area contributed by atoms with Crippen LogP contribution in [0.4, 0.5) is 10.1 Å². The van der Waals surface area contributed by atoms with Crippen LogP contribution in [0, 0.1) is 13.8 Å². The van der Waals surface area contributed by atoms with Crippen LogP contribution in [-0.4, -0.2) is 44.6 Å². The predicted octanol–water partition coefficient (Wildman–Crippen LogP) is 2.95. The molecule has 28 heavy (non-hydrogen) atoms. The summed E-state index contributed by atoms with van der Waals surface area (Å²) < 4.78 is 26.7. The van der Waals surface area contributed by atoms with Crippen LogP contribution >= 0.6 is 11.3 Å². The summed E-state index contributed by atoms with van der Waals surface area (Å²) in [5.41, 5.74) is 7.13. The highest BCUT2D eigenvalue weighted by atomic mass is 32.2. The number of nitrogens with two attached hydrogens (primary N) is 1. The maximum atomic E-state index is 15.2. The molecule has 1 amide bonds. The van der Waals surface area contributed by atoms with Crippen molar-refractivity contribution in [3.8, 4) is 0 Å². The van der Waals surface area contributed by atoms with Crippen molar-refractivity contribution in [1.29, 1.82) is 0 Å². The molecule has 146 valence electrons. The molecule has 1 fully saturated rings. The summed E-state index contributed by atoms with van der Waals surface area (Å²) in [6, 6.07) is 6.58. The van der Waals surface area contributed by atoms with Gasteiger partial charge in [-0.05, 0) is 37.1 Å². The number of anilines is 1. The number of rotatable bonds is 3. The Kier molecular flexibility index (Phi) is 4.46. The summed E-state index contributed by atoms with van der Waals surface area (Å²) in [7, 11) is -1.11. The molecule has 2 aromatic heterocycles. The Bertz CT molecular complexity index is 1120. The number of benzene rings is 1. The SMILES string of the molecule is Cc1nnc2sc(C(=O)N3CC(F)(c4ccc(S(C)=O)cc4)C3)c(N)c2c1C. The molecule has 0 spiro atoms. The van der Waals surface area contributed by atoms with E-state index in [0.717, 1.165) is 16.6 Å². The van der Waals surface area contributed by atoms with Gasteiger partial charge in [0.2, 0.25) is 0 Å². The number of likely N-dealkylation sites (tertiary alicyclic amines) is 1. The molecule has 6 nitrogen and oxygen atoms in total. The Balaban J connectivity index is 1.57. The third-order valence-corrected chi connectivity index (χ3v) is 7.22. The molecule has 0 aliphatic carbocycles. The van der Waals surface area contributed by atoms with E-state index in [2.05, 4.69) is 10.2 Å². The summed E-state index contributed by atoms with van der Waals surface area (Å²) in [6.07, 6.45) is 1.58. The van der Waals surface area contributed by atoms with Crippen LogP contribution < -0.4 is 5.73 Å². The van der Waals surface area contributed by atoms with E-state index in [9.17, 15) is 9.00 Å². The molecule has 9 heteroatoms. The van der Waals surface area contributed by atoms with Gasteiger partial charge in [0.15, 0.2) is 5.67 Å². The molecule has 0 saturated carbocycles. The van der Waals surface area contributed by atoms with Crippen molar-refractivity contribution in [2.45, 2.75) is 24.4 Å². The topological polar surface area (TPSA) is 89.2 Å². The van der Waals surface area contributed by atoms with Crippen LogP contribution in [0.2, 0.25) is 0 Å². The van der Waals surface area contributed by atoms with Crippen LogP contribution in [-0.2, 0) is 16.5 Å². The molecule has 1 saturated heterocycles. The number of carbonyl (C=O) groups excluding carboxylic acids is 1. The van der Waals surface area contributed by atoms with Crippen LogP contribution in [0.5, 0.6) is 0 Å². The Morgan fingerprint density at radius 3 is 2.50 bits per heavy atom. The lowest BCUT2D eigenvalue weighted by molar-refractivity contribution is -0.0228. The number of hydrogen-bond acceptors (Lipinski definition) is 6. The number of amides is 1. The number of nitrogens with zero attached hydrogens (tertiary/aromatic N) is 3. The first-order valence-corrected chi connectivity index (χ1v) is 11.0. The van der Waals surface area contributed by atoms with Crippen molar-refractivity contribution in [3.05, 3.63) is 46.0 Å².